The second-order valence-corrected chi connectivity index (χ2v) is 12.4. The molecule has 0 unspecified atom stereocenters. The molecule has 2 fully saturated rings. The molecule has 12 nitrogen and oxygen atoms in total. The summed E-state index contributed by atoms with van der Waals surface area (Å²) in [5.74, 6) is 0.959. The van der Waals surface area contributed by atoms with Crippen LogP contribution in [0.2, 0.25) is 0 Å². The summed E-state index contributed by atoms with van der Waals surface area (Å²) in [6.45, 7) is 3.32. The van der Waals surface area contributed by atoms with E-state index in [1.165, 1.54) is 19.0 Å². The summed E-state index contributed by atoms with van der Waals surface area (Å²) in [6, 6.07) is 18.5. The molecule has 1 aromatic heterocycles. The molecule has 2 aromatic carbocycles. The van der Waals surface area contributed by atoms with Gasteiger partial charge in [-0.1, -0.05) is 36.4 Å². The third-order valence-electron chi connectivity index (χ3n) is 9.54. The fourth-order valence-corrected chi connectivity index (χ4v) is 6.77. The second-order valence-electron chi connectivity index (χ2n) is 12.4. The highest BCUT2D eigenvalue weighted by Crippen LogP contribution is 2.43. The molecule has 0 radical (unpaired) electrons. The number of aliphatic imine (C=N–C) groups is 2. The number of hydrogen-bond donors (Lipinski definition) is 3. The first-order valence-electron chi connectivity index (χ1n) is 16.1. The summed E-state index contributed by atoms with van der Waals surface area (Å²) >= 11 is 0. The monoisotopic (exact) mass is 647 g/mol. The first kappa shape index (κ1) is 32.6. The number of carbonyl (C=O) groups excluding carboxylic acids is 2. The highest BCUT2D eigenvalue weighted by Gasteiger charge is 2.51. The van der Waals surface area contributed by atoms with Crippen LogP contribution >= 0.6 is 0 Å². The van der Waals surface area contributed by atoms with Gasteiger partial charge in [-0.05, 0) is 61.2 Å². The molecular weight excluding hydrogens is 606 g/mol. The van der Waals surface area contributed by atoms with E-state index in [0.29, 0.717) is 86.5 Å². The van der Waals surface area contributed by atoms with E-state index in [-0.39, 0.29) is 17.5 Å². The van der Waals surface area contributed by atoms with Crippen molar-refractivity contribution in [2.24, 2.45) is 21.1 Å². The Kier molecular flexibility index (Phi) is 9.35. The fraction of sp³-hybridized carbons (Fsp3) is 0.333. The van der Waals surface area contributed by atoms with E-state index in [2.05, 4.69) is 25.9 Å². The van der Waals surface area contributed by atoms with Gasteiger partial charge in [0.25, 0.3) is 0 Å². The van der Waals surface area contributed by atoms with Gasteiger partial charge in [-0.15, -0.1) is 0 Å². The predicted octanol–water partition coefficient (Wildman–Crippen LogP) is 3.20. The van der Waals surface area contributed by atoms with E-state index in [1.807, 2.05) is 35.2 Å². The van der Waals surface area contributed by atoms with E-state index in [9.17, 15) is 9.59 Å². The number of nitrogens with two attached hydrogens (primary N) is 2. The van der Waals surface area contributed by atoms with Crippen molar-refractivity contribution in [3.8, 4) is 5.88 Å². The number of carbonyl (C=O) groups is 2. The number of anilines is 2. The van der Waals surface area contributed by atoms with Gasteiger partial charge in [-0.2, -0.15) is 0 Å². The van der Waals surface area contributed by atoms with Crippen LogP contribution in [0, 0.1) is 10.8 Å². The molecule has 0 bridgehead atoms. The number of likely N-dealkylation sites (tertiary alicyclic amines) is 1. The topological polar surface area (TPSA) is 167 Å². The number of benzene rings is 2. The minimum Gasteiger partial charge on any atom is -0.481 e. The maximum absolute atomic E-state index is 13.9. The average molecular weight is 648 g/mol. The first-order chi connectivity index (χ1) is 23.2. The van der Waals surface area contributed by atoms with Crippen molar-refractivity contribution in [3.05, 3.63) is 89.1 Å². The zero-order chi connectivity index (χ0) is 33.8. The van der Waals surface area contributed by atoms with Gasteiger partial charge in [0.1, 0.15) is 12.2 Å². The highest BCUT2D eigenvalue weighted by atomic mass is 16.5. The molecule has 248 valence electrons. The minimum absolute atomic E-state index is 0.0577. The smallest absolute Gasteiger partial charge is 0.237 e. The Morgan fingerprint density at radius 1 is 1.10 bits per heavy atom. The number of nitrogen functional groups attached to an aromatic ring is 1. The number of amidine groups is 1. The zero-order valence-corrected chi connectivity index (χ0v) is 27.4. The Morgan fingerprint density at radius 3 is 2.62 bits per heavy atom. The number of nitrogens with zero attached hydrogens (tertiary/aromatic N) is 6. The number of aromatic nitrogens is 1. The molecule has 4 heterocycles. The van der Waals surface area contributed by atoms with Crippen LogP contribution in [0.1, 0.15) is 41.6 Å². The normalized spacial score (nSPS) is 20.2. The Hall–Kier alpha value is -5.36. The van der Waals surface area contributed by atoms with Gasteiger partial charge in [0.15, 0.2) is 0 Å². The Bertz CT molecular complexity index is 1820. The van der Waals surface area contributed by atoms with Gasteiger partial charge in [0.2, 0.25) is 17.7 Å². The predicted molar refractivity (Wildman–Crippen MR) is 189 cm³/mol. The number of pyridine rings is 1. The van der Waals surface area contributed by atoms with E-state index in [4.69, 9.17) is 21.6 Å². The van der Waals surface area contributed by atoms with Crippen molar-refractivity contribution >= 4 is 46.6 Å². The van der Waals surface area contributed by atoms with Crippen LogP contribution in [0.3, 0.4) is 0 Å². The van der Waals surface area contributed by atoms with Crippen molar-refractivity contribution in [2.45, 2.75) is 19.3 Å². The van der Waals surface area contributed by atoms with Gasteiger partial charge >= 0.3 is 0 Å². The maximum Gasteiger partial charge on any atom is 0.237 e. The number of hydrogen-bond acceptors (Lipinski definition) is 8. The van der Waals surface area contributed by atoms with Crippen molar-refractivity contribution in [1.82, 2.24) is 14.8 Å². The molecule has 0 saturated carbocycles. The van der Waals surface area contributed by atoms with Crippen LogP contribution in [0.5, 0.6) is 5.88 Å². The van der Waals surface area contributed by atoms with E-state index < -0.39 is 5.41 Å². The molecule has 3 aromatic rings. The zero-order valence-electron chi connectivity index (χ0n) is 27.4. The number of methoxy groups -OCH3 is 1. The van der Waals surface area contributed by atoms with Crippen LogP contribution in [-0.4, -0.2) is 97.9 Å². The Labute approximate surface area is 280 Å². The van der Waals surface area contributed by atoms with Gasteiger partial charge < -0.3 is 26.0 Å². The van der Waals surface area contributed by atoms with E-state index >= 15 is 0 Å². The lowest BCUT2D eigenvalue weighted by atomic mass is 9.85. The molecule has 2 amide bonds. The largest absolute Gasteiger partial charge is 0.481 e. The molecule has 3 aliphatic heterocycles. The second kappa shape index (κ2) is 13.8. The van der Waals surface area contributed by atoms with Crippen molar-refractivity contribution in [3.63, 3.8) is 0 Å². The molecule has 1 spiro atoms. The molecule has 2 saturated heterocycles. The Balaban J connectivity index is 1.06. The number of amides is 2. The van der Waals surface area contributed by atoms with Crippen LogP contribution in [0.25, 0.3) is 5.57 Å². The summed E-state index contributed by atoms with van der Waals surface area (Å²) in [7, 11) is 3.17. The summed E-state index contributed by atoms with van der Waals surface area (Å²) in [5, 5.41) is 8.77. The number of ether oxygens (including phenoxy) is 1. The summed E-state index contributed by atoms with van der Waals surface area (Å²) in [4.78, 5) is 45.4. The molecule has 12 heteroatoms. The fourth-order valence-electron chi connectivity index (χ4n) is 6.77. The molecular formula is C36H41N9O3. The average Bonchev–Trinajstić information content (AvgIpc) is 3.68. The SMILES string of the molecule is CN=CN=C(N)c1ccc(C2=CCN(C(=O)CN3CC[C@]4(CCN(c5ccc(N)c(C(=N)c6cccc(OC)n6)c5)C4=O)C3)CC2)cc1. The molecule has 48 heavy (non-hydrogen) atoms. The third-order valence-corrected chi connectivity index (χ3v) is 9.54. The van der Waals surface area contributed by atoms with Gasteiger partial charge in [0.05, 0.1) is 30.5 Å². The van der Waals surface area contributed by atoms with Crippen molar-refractivity contribution in [2.75, 3.05) is 64.1 Å². The van der Waals surface area contributed by atoms with Crippen LogP contribution in [0.15, 0.2) is 76.7 Å². The van der Waals surface area contributed by atoms with Gasteiger partial charge in [-0.3, -0.25) is 24.9 Å². The molecule has 3 aliphatic rings. The lowest BCUT2D eigenvalue weighted by Gasteiger charge is -2.29. The summed E-state index contributed by atoms with van der Waals surface area (Å²) in [6.07, 6.45) is 5.73. The summed E-state index contributed by atoms with van der Waals surface area (Å²) < 4.78 is 5.22. The maximum atomic E-state index is 13.9. The molecule has 6 rings (SSSR count). The Morgan fingerprint density at radius 2 is 1.90 bits per heavy atom. The first-order valence-corrected chi connectivity index (χ1v) is 16.1. The third kappa shape index (κ3) is 6.56. The molecule has 0 aliphatic carbocycles. The van der Waals surface area contributed by atoms with Crippen LogP contribution in [0.4, 0.5) is 11.4 Å². The summed E-state index contributed by atoms with van der Waals surface area (Å²) in [5.41, 5.74) is 17.1. The van der Waals surface area contributed by atoms with Gasteiger partial charge in [0, 0.05) is 61.8 Å². The molecule has 5 N–H and O–H groups in total. The van der Waals surface area contributed by atoms with E-state index in [1.54, 1.807) is 42.3 Å². The lowest BCUT2D eigenvalue weighted by Crippen LogP contribution is -2.43. The van der Waals surface area contributed by atoms with Gasteiger partial charge in [-0.25, -0.2) is 9.98 Å². The van der Waals surface area contributed by atoms with Crippen LogP contribution in [-0.2, 0) is 9.59 Å². The standard InChI is InChI=1S/C36H41N9O3/c1-40-23-41-34(39)26-8-6-24(7-9-26)25-12-16-44(17-13-25)32(46)21-43-18-14-36(22-43)15-19-45(35(36)47)27-10-11-29(37)28(20-27)33(38)30-4-3-5-31(42-30)48-2/h3-12,20,23,38H,13-19,21-22,37H2,1-2H3,(H2,39,40,41)/t36-/m0/s1. The number of nitrogens with one attached hydrogen (secondary N) is 1. The minimum atomic E-state index is -0.526. The lowest BCUT2D eigenvalue weighted by molar-refractivity contribution is -0.132. The highest BCUT2D eigenvalue weighted by molar-refractivity contribution is 6.14. The van der Waals surface area contributed by atoms with Crippen molar-refractivity contribution < 1.29 is 14.3 Å². The number of rotatable bonds is 9. The quantitative estimate of drug-likeness (QED) is 0.182. The van der Waals surface area contributed by atoms with Crippen molar-refractivity contribution in [1.29, 1.82) is 5.41 Å². The van der Waals surface area contributed by atoms with E-state index in [0.717, 1.165) is 17.5 Å². The molecule has 1 atom stereocenters. The van der Waals surface area contributed by atoms with Crippen LogP contribution < -0.4 is 21.1 Å².